The zero-order chi connectivity index (χ0) is 15.0. The molecule has 0 aliphatic carbocycles. The molecule has 0 saturated carbocycles. The van der Waals surface area contributed by atoms with Crippen LogP contribution in [0.25, 0.3) is 22.1 Å². The number of nitrogens with two attached hydrogens (primary N) is 1. The third-order valence-corrected chi connectivity index (χ3v) is 3.62. The lowest BCUT2D eigenvalue weighted by Gasteiger charge is -2.08. The van der Waals surface area contributed by atoms with Crippen molar-refractivity contribution < 1.29 is 0 Å². The van der Waals surface area contributed by atoms with E-state index in [1.54, 1.807) is 0 Å². The Morgan fingerprint density at radius 2 is 1.57 bits per heavy atom. The highest BCUT2D eigenvalue weighted by molar-refractivity contribution is 5.94. The van der Waals surface area contributed by atoms with Gasteiger partial charge in [-0.15, -0.1) is 0 Å². The normalized spacial score (nSPS) is 12.5. The molecule has 2 N–H and O–H groups in total. The van der Waals surface area contributed by atoms with Crippen LogP contribution in [0.4, 0.5) is 11.4 Å². The molecule has 0 spiro atoms. The van der Waals surface area contributed by atoms with Crippen LogP contribution in [0.3, 0.4) is 0 Å². The van der Waals surface area contributed by atoms with E-state index in [2.05, 4.69) is 28.8 Å². The standard InChI is InChI=1S/C17H18N4/c1-10(2)11(3)19-15-9-17-16(8-12(15)18)20-13-6-4-5-7-14(13)21-17/h4-10H,18H2,1-3H3. The van der Waals surface area contributed by atoms with Crippen molar-refractivity contribution in [1.29, 1.82) is 0 Å². The van der Waals surface area contributed by atoms with Crippen molar-refractivity contribution in [3.8, 4) is 0 Å². The number of hydrogen-bond acceptors (Lipinski definition) is 4. The number of fused-ring (bicyclic) bond motifs is 2. The summed E-state index contributed by atoms with van der Waals surface area (Å²) in [6.07, 6.45) is 0. The Bertz CT molecular complexity index is 850. The fourth-order valence-electron chi connectivity index (χ4n) is 2.09. The zero-order valence-corrected chi connectivity index (χ0v) is 12.5. The summed E-state index contributed by atoms with van der Waals surface area (Å²) in [5.41, 5.74) is 11.9. The first-order valence-corrected chi connectivity index (χ1v) is 7.06. The summed E-state index contributed by atoms with van der Waals surface area (Å²) in [6.45, 7) is 6.24. The van der Waals surface area contributed by atoms with E-state index < -0.39 is 0 Å². The summed E-state index contributed by atoms with van der Waals surface area (Å²) in [4.78, 5) is 13.9. The minimum Gasteiger partial charge on any atom is -0.397 e. The second-order valence-electron chi connectivity index (χ2n) is 5.52. The second kappa shape index (κ2) is 5.13. The van der Waals surface area contributed by atoms with Gasteiger partial charge >= 0.3 is 0 Å². The number of hydrogen-bond donors (Lipinski definition) is 1. The van der Waals surface area contributed by atoms with E-state index in [1.807, 2.05) is 43.3 Å². The van der Waals surface area contributed by atoms with Gasteiger partial charge in [0.2, 0.25) is 0 Å². The van der Waals surface area contributed by atoms with Gasteiger partial charge in [0.15, 0.2) is 0 Å². The quantitative estimate of drug-likeness (QED) is 0.436. The minimum absolute atomic E-state index is 0.391. The monoisotopic (exact) mass is 278 g/mol. The predicted octanol–water partition coefficient (Wildman–Crippen LogP) is 4.11. The van der Waals surface area contributed by atoms with Crippen LogP contribution in [0, 0.1) is 5.92 Å². The van der Waals surface area contributed by atoms with Crippen LogP contribution in [-0.4, -0.2) is 15.7 Å². The molecule has 0 unspecified atom stereocenters. The molecule has 3 aromatic rings. The van der Waals surface area contributed by atoms with Crippen LogP contribution in [0.5, 0.6) is 0 Å². The van der Waals surface area contributed by atoms with E-state index in [1.165, 1.54) is 0 Å². The Hall–Kier alpha value is -2.49. The molecular formula is C17H18N4. The number of nitrogens with zero attached hydrogens (tertiary/aromatic N) is 3. The first-order valence-electron chi connectivity index (χ1n) is 7.06. The molecule has 0 radical (unpaired) electrons. The smallest absolute Gasteiger partial charge is 0.0917 e. The maximum absolute atomic E-state index is 6.10. The number of para-hydroxylation sites is 2. The van der Waals surface area contributed by atoms with Crippen molar-refractivity contribution >= 4 is 39.2 Å². The Morgan fingerprint density at radius 3 is 2.14 bits per heavy atom. The summed E-state index contributed by atoms with van der Waals surface area (Å²) in [6, 6.07) is 11.6. The lowest BCUT2D eigenvalue weighted by molar-refractivity contribution is 0.879. The van der Waals surface area contributed by atoms with E-state index in [0.29, 0.717) is 11.6 Å². The van der Waals surface area contributed by atoms with Crippen LogP contribution in [0.1, 0.15) is 20.8 Å². The van der Waals surface area contributed by atoms with Crippen molar-refractivity contribution in [2.45, 2.75) is 20.8 Å². The lowest BCUT2D eigenvalue weighted by Crippen LogP contribution is -2.01. The summed E-state index contributed by atoms with van der Waals surface area (Å²) in [5, 5.41) is 0. The fraction of sp³-hybridized carbons (Fsp3) is 0.235. The molecule has 0 bridgehead atoms. The number of aromatic nitrogens is 2. The highest BCUT2D eigenvalue weighted by atomic mass is 14.8. The van der Waals surface area contributed by atoms with Crippen molar-refractivity contribution in [2.24, 2.45) is 10.9 Å². The van der Waals surface area contributed by atoms with Crippen LogP contribution in [0.15, 0.2) is 41.4 Å². The van der Waals surface area contributed by atoms with Gasteiger partial charge in [0, 0.05) is 5.71 Å². The molecule has 0 amide bonds. The molecular weight excluding hydrogens is 260 g/mol. The molecule has 0 atom stereocenters. The van der Waals surface area contributed by atoms with Gasteiger partial charge in [0.25, 0.3) is 0 Å². The second-order valence-corrected chi connectivity index (χ2v) is 5.52. The maximum atomic E-state index is 6.10. The summed E-state index contributed by atoms with van der Waals surface area (Å²) in [5.74, 6) is 0.391. The van der Waals surface area contributed by atoms with E-state index >= 15 is 0 Å². The summed E-state index contributed by atoms with van der Waals surface area (Å²) < 4.78 is 0. The molecule has 21 heavy (non-hydrogen) atoms. The minimum atomic E-state index is 0.391. The average Bonchev–Trinajstić information content (AvgIpc) is 2.46. The van der Waals surface area contributed by atoms with E-state index in [4.69, 9.17) is 5.73 Å². The largest absolute Gasteiger partial charge is 0.397 e. The highest BCUT2D eigenvalue weighted by Crippen LogP contribution is 2.28. The number of nitrogen functional groups attached to an aromatic ring is 1. The molecule has 1 aromatic heterocycles. The molecule has 3 rings (SSSR count). The Kier molecular flexibility index (Phi) is 3.29. The summed E-state index contributed by atoms with van der Waals surface area (Å²) in [7, 11) is 0. The lowest BCUT2D eigenvalue weighted by atomic mass is 10.1. The molecule has 4 heteroatoms. The van der Waals surface area contributed by atoms with Gasteiger partial charge in [-0.25, -0.2) is 9.97 Å². The first-order chi connectivity index (χ1) is 10.0. The average molecular weight is 278 g/mol. The van der Waals surface area contributed by atoms with Gasteiger partial charge in [0.05, 0.1) is 33.4 Å². The molecule has 106 valence electrons. The van der Waals surface area contributed by atoms with Gasteiger partial charge in [-0.3, -0.25) is 4.99 Å². The molecule has 0 aliphatic rings. The van der Waals surface area contributed by atoms with Crippen molar-refractivity contribution in [2.75, 3.05) is 5.73 Å². The highest BCUT2D eigenvalue weighted by Gasteiger charge is 2.07. The molecule has 4 nitrogen and oxygen atoms in total. The van der Waals surface area contributed by atoms with Crippen molar-refractivity contribution in [1.82, 2.24) is 9.97 Å². The van der Waals surface area contributed by atoms with Crippen LogP contribution >= 0.6 is 0 Å². The fourth-order valence-corrected chi connectivity index (χ4v) is 2.09. The van der Waals surface area contributed by atoms with Gasteiger partial charge in [-0.1, -0.05) is 26.0 Å². The van der Waals surface area contributed by atoms with Gasteiger partial charge in [-0.05, 0) is 37.1 Å². The molecule has 2 aromatic carbocycles. The molecule has 0 fully saturated rings. The van der Waals surface area contributed by atoms with E-state index in [0.717, 1.165) is 33.5 Å². The Morgan fingerprint density at radius 1 is 1.00 bits per heavy atom. The van der Waals surface area contributed by atoms with E-state index in [-0.39, 0.29) is 0 Å². The van der Waals surface area contributed by atoms with Crippen LogP contribution in [0.2, 0.25) is 0 Å². The number of aliphatic imine (C=N–C) groups is 1. The van der Waals surface area contributed by atoms with Gasteiger partial charge in [0.1, 0.15) is 0 Å². The topological polar surface area (TPSA) is 64.2 Å². The molecule has 1 heterocycles. The van der Waals surface area contributed by atoms with Gasteiger partial charge < -0.3 is 5.73 Å². The van der Waals surface area contributed by atoms with Crippen molar-refractivity contribution in [3.05, 3.63) is 36.4 Å². The third-order valence-electron chi connectivity index (χ3n) is 3.62. The van der Waals surface area contributed by atoms with Crippen molar-refractivity contribution in [3.63, 3.8) is 0 Å². The SMILES string of the molecule is CC(=Nc1cc2nc3ccccc3nc2cc1N)C(C)C. The van der Waals surface area contributed by atoms with Gasteiger partial charge in [-0.2, -0.15) is 0 Å². The third kappa shape index (κ3) is 2.57. The Balaban J connectivity index is 2.22. The first kappa shape index (κ1) is 13.5. The number of anilines is 1. The maximum Gasteiger partial charge on any atom is 0.0917 e. The number of benzene rings is 2. The molecule has 0 saturated heterocycles. The Labute approximate surface area is 123 Å². The predicted molar refractivity (Wildman–Crippen MR) is 89.1 cm³/mol. The van der Waals surface area contributed by atoms with E-state index in [9.17, 15) is 0 Å². The zero-order valence-electron chi connectivity index (χ0n) is 12.5. The number of rotatable bonds is 2. The molecule has 0 aliphatic heterocycles. The van der Waals surface area contributed by atoms with Crippen LogP contribution < -0.4 is 5.73 Å². The van der Waals surface area contributed by atoms with Crippen LogP contribution in [-0.2, 0) is 0 Å². The summed E-state index contributed by atoms with van der Waals surface area (Å²) >= 11 is 0.